The van der Waals surface area contributed by atoms with E-state index < -0.39 is 10.0 Å². The third kappa shape index (κ3) is 6.11. The molecule has 3 aromatic rings. The highest BCUT2D eigenvalue weighted by atomic mass is 32.2. The maximum Gasteiger partial charge on any atom is 0.253 e. The number of nitrogens with zero attached hydrogens (tertiary/aromatic N) is 1. The van der Waals surface area contributed by atoms with Crippen LogP contribution in [0.2, 0.25) is 0 Å². The molecule has 0 saturated carbocycles. The number of ether oxygens (including phenoxy) is 1. The molecule has 168 valence electrons. The highest BCUT2D eigenvalue weighted by molar-refractivity contribution is 7.92. The summed E-state index contributed by atoms with van der Waals surface area (Å²) in [7, 11) is -3.61. The smallest absolute Gasteiger partial charge is 0.253 e. The maximum atomic E-state index is 12.9. The van der Waals surface area contributed by atoms with Gasteiger partial charge in [-0.2, -0.15) is 0 Å². The molecule has 0 aliphatic carbocycles. The van der Waals surface area contributed by atoms with E-state index in [1.54, 1.807) is 24.3 Å². The Balaban J connectivity index is 1.71. The second kappa shape index (κ2) is 10.3. The Morgan fingerprint density at radius 1 is 0.969 bits per heavy atom. The molecule has 0 aliphatic rings. The van der Waals surface area contributed by atoms with Crippen LogP contribution in [0.4, 0.5) is 5.69 Å². The highest BCUT2D eigenvalue weighted by Gasteiger charge is 2.23. The number of carbonyl (C=O) groups is 1. The van der Waals surface area contributed by atoms with E-state index in [0.29, 0.717) is 17.9 Å². The Morgan fingerprint density at radius 2 is 1.66 bits per heavy atom. The molecular weight excluding hydrogens is 424 g/mol. The zero-order valence-electron chi connectivity index (χ0n) is 18.5. The third-order valence-corrected chi connectivity index (χ3v) is 6.09. The molecule has 1 N–H and O–H groups in total. The second-order valence-corrected chi connectivity index (χ2v) is 9.55. The Hall–Kier alpha value is -3.32. The summed E-state index contributed by atoms with van der Waals surface area (Å²) in [6, 6.07) is 21.9. The van der Waals surface area contributed by atoms with E-state index in [0.717, 1.165) is 28.7 Å². The fraction of sp³-hybridized carbons (Fsp3) is 0.240. The van der Waals surface area contributed by atoms with Crippen LogP contribution in [-0.4, -0.2) is 33.7 Å². The summed E-state index contributed by atoms with van der Waals surface area (Å²) in [6.45, 7) is 4.73. The molecule has 0 aliphatic heterocycles. The number of sulfonamides is 1. The summed E-state index contributed by atoms with van der Waals surface area (Å²) >= 11 is 0. The lowest BCUT2D eigenvalue weighted by molar-refractivity contribution is 0.0947. The number of hydrogen-bond donors (Lipinski definition) is 1. The van der Waals surface area contributed by atoms with E-state index in [4.69, 9.17) is 4.74 Å². The van der Waals surface area contributed by atoms with Crippen molar-refractivity contribution in [3.05, 3.63) is 95.1 Å². The molecule has 0 atom stereocenters. The largest absolute Gasteiger partial charge is 0.491 e. The zero-order valence-corrected chi connectivity index (χ0v) is 19.4. The van der Waals surface area contributed by atoms with Gasteiger partial charge in [-0.1, -0.05) is 60.2 Å². The van der Waals surface area contributed by atoms with Crippen LogP contribution in [0.5, 0.6) is 5.75 Å². The number of para-hydroxylation sites is 1. The molecule has 0 radical (unpaired) electrons. The lowest BCUT2D eigenvalue weighted by Gasteiger charge is -2.24. The van der Waals surface area contributed by atoms with Crippen molar-refractivity contribution in [2.24, 2.45) is 0 Å². The Kier molecular flexibility index (Phi) is 7.53. The first kappa shape index (κ1) is 23.3. The van der Waals surface area contributed by atoms with Gasteiger partial charge in [0, 0.05) is 0 Å². The van der Waals surface area contributed by atoms with Gasteiger partial charge in [0.15, 0.2) is 0 Å². The van der Waals surface area contributed by atoms with E-state index >= 15 is 0 Å². The lowest BCUT2D eigenvalue weighted by Crippen LogP contribution is -2.33. The number of rotatable bonds is 9. The first-order chi connectivity index (χ1) is 15.3. The summed E-state index contributed by atoms with van der Waals surface area (Å²) in [5.41, 5.74) is 3.65. The topological polar surface area (TPSA) is 75.7 Å². The maximum absolute atomic E-state index is 12.9. The van der Waals surface area contributed by atoms with Gasteiger partial charge in [-0.15, -0.1) is 0 Å². The molecule has 0 saturated heterocycles. The molecule has 3 rings (SSSR count). The molecule has 7 heteroatoms. The normalized spacial score (nSPS) is 11.1. The predicted molar refractivity (Wildman–Crippen MR) is 128 cm³/mol. The van der Waals surface area contributed by atoms with Crippen LogP contribution in [-0.2, 0) is 16.6 Å². The van der Waals surface area contributed by atoms with Gasteiger partial charge < -0.3 is 10.1 Å². The van der Waals surface area contributed by atoms with E-state index in [9.17, 15) is 13.2 Å². The van der Waals surface area contributed by atoms with E-state index in [1.807, 2.05) is 62.4 Å². The lowest BCUT2D eigenvalue weighted by atomic mass is 10.1. The Morgan fingerprint density at radius 3 is 2.34 bits per heavy atom. The second-order valence-electron chi connectivity index (χ2n) is 7.65. The average Bonchev–Trinajstić information content (AvgIpc) is 2.76. The van der Waals surface area contributed by atoms with Crippen molar-refractivity contribution in [3.8, 4) is 5.75 Å². The summed E-state index contributed by atoms with van der Waals surface area (Å²) in [6.07, 6.45) is 1.14. The van der Waals surface area contributed by atoms with Gasteiger partial charge in [0.05, 0.1) is 30.6 Å². The van der Waals surface area contributed by atoms with Crippen molar-refractivity contribution >= 4 is 21.6 Å². The minimum atomic E-state index is -3.61. The van der Waals surface area contributed by atoms with Crippen molar-refractivity contribution in [1.29, 1.82) is 0 Å². The molecule has 6 nitrogen and oxygen atoms in total. The van der Waals surface area contributed by atoms with Crippen LogP contribution in [0.25, 0.3) is 0 Å². The molecule has 32 heavy (non-hydrogen) atoms. The van der Waals surface area contributed by atoms with Gasteiger partial charge in [0.1, 0.15) is 12.4 Å². The number of anilines is 1. The molecule has 0 heterocycles. The van der Waals surface area contributed by atoms with Crippen LogP contribution >= 0.6 is 0 Å². The SMILES string of the molecule is Cc1ccc(OCCNC(=O)c2ccccc2N(Cc2ccccc2)S(C)(=O)=O)c(C)c1. The van der Waals surface area contributed by atoms with Crippen LogP contribution in [0, 0.1) is 13.8 Å². The first-order valence-electron chi connectivity index (χ1n) is 10.3. The summed E-state index contributed by atoms with van der Waals surface area (Å²) in [5, 5.41) is 2.83. The minimum absolute atomic E-state index is 0.139. The van der Waals surface area contributed by atoms with Crippen LogP contribution < -0.4 is 14.4 Å². The van der Waals surface area contributed by atoms with Gasteiger partial charge in [0.2, 0.25) is 10.0 Å². The zero-order chi connectivity index (χ0) is 23.1. The highest BCUT2D eigenvalue weighted by Crippen LogP contribution is 2.25. The van der Waals surface area contributed by atoms with Crippen molar-refractivity contribution in [2.45, 2.75) is 20.4 Å². The fourth-order valence-electron chi connectivity index (χ4n) is 3.40. The van der Waals surface area contributed by atoms with Gasteiger partial charge in [0.25, 0.3) is 5.91 Å². The summed E-state index contributed by atoms with van der Waals surface area (Å²) in [4.78, 5) is 12.9. The average molecular weight is 453 g/mol. The van der Waals surface area contributed by atoms with Gasteiger partial charge >= 0.3 is 0 Å². The van der Waals surface area contributed by atoms with Gasteiger partial charge in [-0.05, 0) is 43.2 Å². The molecule has 3 aromatic carbocycles. The van der Waals surface area contributed by atoms with E-state index in [2.05, 4.69) is 5.32 Å². The molecule has 1 amide bonds. The van der Waals surface area contributed by atoms with Crippen molar-refractivity contribution in [2.75, 3.05) is 23.7 Å². The Bertz CT molecular complexity index is 1180. The number of amides is 1. The first-order valence-corrected chi connectivity index (χ1v) is 12.2. The summed E-state index contributed by atoms with van der Waals surface area (Å²) < 4.78 is 32.1. The van der Waals surface area contributed by atoms with Crippen LogP contribution in [0.3, 0.4) is 0 Å². The standard InChI is InChI=1S/C25H28N2O4S/c1-19-13-14-24(20(2)17-19)31-16-15-26-25(28)22-11-7-8-12-23(22)27(32(3,29)30)18-21-9-5-4-6-10-21/h4-14,17H,15-16,18H2,1-3H3,(H,26,28). The van der Waals surface area contributed by atoms with Crippen molar-refractivity contribution in [1.82, 2.24) is 5.32 Å². The fourth-order valence-corrected chi connectivity index (χ4v) is 4.30. The molecule has 0 fully saturated rings. The number of carbonyl (C=O) groups excluding carboxylic acids is 1. The molecular formula is C25H28N2O4S. The molecule has 0 aromatic heterocycles. The molecule has 0 unspecified atom stereocenters. The van der Waals surface area contributed by atoms with E-state index in [1.165, 1.54) is 4.31 Å². The van der Waals surface area contributed by atoms with E-state index in [-0.39, 0.29) is 19.0 Å². The molecule has 0 bridgehead atoms. The number of hydrogen-bond acceptors (Lipinski definition) is 4. The summed E-state index contributed by atoms with van der Waals surface area (Å²) in [5.74, 6) is 0.419. The minimum Gasteiger partial charge on any atom is -0.491 e. The third-order valence-electron chi connectivity index (χ3n) is 4.96. The van der Waals surface area contributed by atoms with Crippen molar-refractivity contribution in [3.63, 3.8) is 0 Å². The number of aryl methyl sites for hydroxylation is 2. The Labute approximate surface area is 189 Å². The van der Waals surface area contributed by atoms with Gasteiger partial charge in [-0.3, -0.25) is 9.10 Å². The predicted octanol–water partition coefficient (Wildman–Crippen LogP) is 4.08. The number of nitrogens with one attached hydrogen (secondary N) is 1. The number of benzene rings is 3. The van der Waals surface area contributed by atoms with Crippen LogP contribution in [0.15, 0.2) is 72.8 Å². The van der Waals surface area contributed by atoms with Crippen molar-refractivity contribution < 1.29 is 17.9 Å². The van der Waals surface area contributed by atoms with Crippen LogP contribution in [0.1, 0.15) is 27.0 Å². The van der Waals surface area contributed by atoms with Gasteiger partial charge in [-0.25, -0.2) is 8.42 Å². The monoisotopic (exact) mass is 452 g/mol. The molecule has 0 spiro atoms. The quantitative estimate of drug-likeness (QED) is 0.497.